The van der Waals surface area contributed by atoms with Gasteiger partial charge in [0.1, 0.15) is 12.4 Å². The molecule has 0 spiro atoms. The molecule has 4 aromatic rings. The number of ether oxygens (including phenoxy) is 2. The van der Waals surface area contributed by atoms with E-state index in [0.717, 1.165) is 21.6 Å². The van der Waals surface area contributed by atoms with Crippen molar-refractivity contribution in [1.82, 2.24) is 4.57 Å². The summed E-state index contributed by atoms with van der Waals surface area (Å²) in [5.41, 5.74) is 3.00. The van der Waals surface area contributed by atoms with Gasteiger partial charge in [-0.05, 0) is 54.6 Å². The van der Waals surface area contributed by atoms with Crippen molar-refractivity contribution in [2.24, 2.45) is 4.99 Å². The van der Waals surface area contributed by atoms with Crippen molar-refractivity contribution in [3.05, 3.63) is 121 Å². The van der Waals surface area contributed by atoms with E-state index in [2.05, 4.69) is 5.92 Å². The van der Waals surface area contributed by atoms with Gasteiger partial charge in [0.25, 0.3) is 5.56 Å². The number of carbonyl (C=O) groups excluding carboxylic acids is 1. The number of carbonyl (C=O) groups is 1. The first-order valence-electron chi connectivity index (χ1n) is 12.6. The SMILES string of the molecule is C#CCOc1ccc(/C=c2\sc3n(c2=O)[C@@H](c2ccc(SC)cc2)C(C(=O)OCC)=C(c2ccccc2)N=3)cc1. The van der Waals surface area contributed by atoms with E-state index >= 15 is 0 Å². The molecule has 0 unspecified atom stereocenters. The minimum atomic E-state index is -0.705. The van der Waals surface area contributed by atoms with Gasteiger partial charge in [0.05, 0.1) is 28.5 Å². The molecule has 40 heavy (non-hydrogen) atoms. The average molecular weight is 567 g/mol. The third kappa shape index (κ3) is 5.53. The van der Waals surface area contributed by atoms with Crippen LogP contribution in [0.2, 0.25) is 0 Å². The summed E-state index contributed by atoms with van der Waals surface area (Å²) in [5, 5.41) is 0. The second-order valence-electron chi connectivity index (χ2n) is 8.77. The molecular formula is C32H26N2O4S2. The molecule has 1 aromatic heterocycles. The third-order valence-electron chi connectivity index (χ3n) is 6.31. The van der Waals surface area contributed by atoms with Gasteiger partial charge >= 0.3 is 5.97 Å². The maximum atomic E-state index is 14.0. The van der Waals surface area contributed by atoms with Crippen molar-refractivity contribution in [3.63, 3.8) is 0 Å². The van der Waals surface area contributed by atoms with E-state index in [1.54, 1.807) is 23.3 Å². The zero-order valence-corrected chi connectivity index (χ0v) is 23.6. The van der Waals surface area contributed by atoms with E-state index in [1.165, 1.54) is 11.3 Å². The van der Waals surface area contributed by atoms with Crippen LogP contribution in [0.15, 0.2) is 99.1 Å². The lowest BCUT2D eigenvalue weighted by Crippen LogP contribution is -2.40. The zero-order valence-electron chi connectivity index (χ0n) is 22.0. The summed E-state index contributed by atoms with van der Waals surface area (Å²) in [6, 6.07) is 24.0. The minimum Gasteiger partial charge on any atom is -0.481 e. The Morgan fingerprint density at radius 2 is 1.82 bits per heavy atom. The van der Waals surface area contributed by atoms with E-state index in [9.17, 15) is 9.59 Å². The predicted molar refractivity (Wildman–Crippen MR) is 160 cm³/mol. The van der Waals surface area contributed by atoms with Crippen LogP contribution in [-0.2, 0) is 9.53 Å². The van der Waals surface area contributed by atoms with Gasteiger partial charge in [-0.1, -0.05) is 71.9 Å². The Morgan fingerprint density at radius 1 is 1.10 bits per heavy atom. The van der Waals surface area contributed by atoms with Crippen LogP contribution in [0.1, 0.15) is 29.7 Å². The maximum Gasteiger partial charge on any atom is 0.338 e. The molecule has 0 N–H and O–H groups in total. The molecule has 5 rings (SSSR count). The fourth-order valence-corrected chi connectivity index (χ4v) is 5.89. The molecule has 1 aliphatic heterocycles. The van der Waals surface area contributed by atoms with E-state index < -0.39 is 12.0 Å². The van der Waals surface area contributed by atoms with Gasteiger partial charge in [-0.15, -0.1) is 18.2 Å². The Balaban J connectivity index is 1.73. The molecule has 0 amide bonds. The summed E-state index contributed by atoms with van der Waals surface area (Å²) in [6.07, 6.45) is 9.10. The highest BCUT2D eigenvalue weighted by atomic mass is 32.2. The number of hydrogen-bond acceptors (Lipinski definition) is 7. The van der Waals surface area contributed by atoms with E-state index in [-0.39, 0.29) is 18.8 Å². The molecule has 3 aromatic carbocycles. The van der Waals surface area contributed by atoms with Crippen molar-refractivity contribution < 1.29 is 14.3 Å². The fraction of sp³-hybridized carbons (Fsp3) is 0.156. The summed E-state index contributed by atoms with van der Waals surface area (Å²) in [6.45, 7) is 2.15. The molecule has 0 saturated heterocycles. The number of fused-ring (bicyclic) bond motifs is 1. The van der Waals surface area contributed by atoms with E-state index in [1.807, 2.05) is 91.2 Å². The van der Waals surface area contributed by atoms with Crippen molar-refractivity contribution >= 4 is 40.8 Å². The van der Waals surface area contributed by atoms with Gasteiger partial charge in [-0.2, -0.15) is 0 Å². The monoisotopic (exact) mass is 566 g/mol. The zero-order chi connectivity index (χ0) is 28.1. The molecule has 200 valence electrons. The van der Waals surface area contributed by atoms with Gasteiger partial charge in [0, 0.05) is 10.5 Å². The van der Waals surface area contributed by atoms with E-state index in [0.29, 0.717) is 26.4 Å². The Hall–Kier alpha value is -4.32. The molecule has 2 heterocycles. The summed E-state index contributed by atoms with van der Waals surface area (Å²) in [5.74, 6) is 2.59. The maximum absolute atomic E-state index is 14.0. The van der Waals surface area contributed by atoms with Crippen LogP contribution < -0.4 is 19.6 Å². The molecular weight excluding hydrogens is 540 g/mol. The third-order valence-corrected chi connectivity index (χ3v) is 8.03. The predicted octanol–water partition coefficient (Wildman–Crippen LogP) is 4.67. The second-order valence-corrected chi connectivity index (χ2v) is 10.7. The molecule has 0 radical (unpaired) electrons. The Labute approximate surface area is 240 Å². The van der Waals surface area contributed by atoms with Gasteiger partial charge in [0.2, 0.25) is 0 Å². The number of benzene rings is 3. The second kappa shape index (κ2) is 12.2. The molecule has 0 saturated carbocycles. The fourth-order valence-electron chi connectivity index (χ4n) is 4.48. The molecule has 1 atom stereocenters. The topological polar surface area (TPSA) is 69.9 Å². The highest BCUT2D eigenvalue weighted by Gasteiger charge is 2.35. The number of thiazole rings is 1. The lowest BCUT2D eigenvalue weighted by molar-refractivity contribution is -0.138. The first kappa shape index (κ1) is 27.3. The number of hydrogen-bond donors (Lipinski definition) is 0. The largest absolute Gasteiger partial charge is 0.481 e. The number of terminal acetylenes is 1. The minimum absolute atomic E-state index is 0.183. The standard InChI is InChI=1S/C32H26N2O4S2/c1-4-19-38-24-15-11-21(12-16-24)20-26-30(35)34-29(23-13-17-25(39-3)18-14-23)27(31(36)37-5-2)28(33-32(34)40-26)22-9-7-6-8-10-22/h1,6-18,20,29H,5,19H2,2-3H3/b26-20-/t29-/m0/s1. The Bertz CT molecular complexity index is 1780. The number of aromatic nitrogens is 1. The quantitative estimate of drug-likeness (QED) is 0.176. The average Bonchev–Trinajstić information content (AvgIpc) is 3.30. The van der Waals surface area contributed by atoms with Gasteiger partial charge < -0.3 is 9.47 Å². The van der Waals surface area contributed by atoms with Crippen LogP contribution in [0.25, 0.3) is 11.8 Å². The normalized spacial score (nSPS) is 14.7. The first-order chi connectivity index (χ1) is 19.5. The van der Waals surface area contributed by atoms with Crippen LogP contribution in [0, 0.1) is 12.3 Å². The Kier molecular flexibility index (Phi) is 8.34. The molecule has 8 heteroatoms. The molecule has 0 bridgehead atoms. The van der Waals surface area contributed by atoms with Crippen LogP contribution in [0.5, 0.6) is 5.75 Å². The molecule has 6 nitrogen and oxygen atoms in total. The molecule has 1 aliphatic rings. The van der Waals surface area contributed by atoms with Crippen molar-refractivity contribution in [2.45, 2.75) is 17.9 Å². The summed E-state index contributed by atoms with van der Waals surface area (Å²) < 4.78 is 13.1. The number of thioether (sulfide) groups is 1. The Morgan fingerprint density at radius 3 is 2.48 bits per heavy atom. The molecule has 0 fully saturated rings. The van der Waals surface area contributed by atoms with Crippen LogP contribution in [0.4, 0.5) is 0 Å². The highest BCUT2D eigenvalue weighted by molar-refractivity contribution is 7.98. The molecule has 0 aliphatic carbocycles. The van der Waals surface area contributed by atoms with Crippen LogP contribution in [0.3, 0.4) is 0 Å². The van der Waals surface area contributed by atoms with Crippen molar-refractivity contribution in [2.75, 3.05) is 19.5 Å². The van der Waals surface area contributed by atoms with Crippen molar-refractivity contribution in [1.29, 1.82) is 0 Å². The lowest BCUT2D eigenvalue weighted by Gasteiger charge is -2.26. The highest BCUT2D eigenvalue weighted by Crippen LogP contribution is 2.35. The number of nitrogens with zero attached hydrogens (tertiary/aromatic N) is 2. The van der Waals surface area contributed by atoms with Crippen LogP contribution >= 0.6 is 23.1 Å². The van der Waals surface area contributed by atoms with Gasteiger partial charge in [-0.25, -0.2) is 9.79 Å². The number of rotatable bonds is 8. The number of esters is 1. The lowest BCUT2D eigenvalue weighted by atomic mass is 9.93. The van der Waals surface area contributed by atoms with Gasteiger partial charge in [0.15, 0.2) is 4.80 Å². The van der Waals surface area contributed by atoms with E-state index in [4.69, 9.17) is 20.9 Å². The smallest absolute Gasteiger partial charge is 0.338 e. The summed E-state index contributed by atoms with van der Waals surface area (Å²) in [7, 11) is 0. The van der Waals surface area contributed by atoms with Crippen LogP contribution in [-0.4, -0.2) is 30.0 Å². The summed E-state index contributed by atoms with van der Waals surface area (Å²) in [4.78, 5) is 34.0. The van der Waals surface area contributed by atoms with Crippen molar-refractivity contribution in [3.8, 4) is 18.1 Å². The first-order valence-corrected chi connectivity index (χ1v) is 14.7. The van der Waals surface area contributed by atoms with Gasteiger partial charge in [-0.3, -0.25) is 9.36 Å². The summed E-state index contributed by atoms with van der Waals surface area (Å²) >= 11 is 2.91.